The number of benzene rings is 1. The number of nitrogens with one attached hydrogen (secondary N) is 1. The molecule has 0 spiro atoms. The summed E-state index contributed by atoms with van der Waals surface area (Å²) in [5.74, 6) is 0.651. The zero-order chi connectivity index (χ0) is 19.3. The molecule has 7 heteroatoms. The Bertz CT molecular complexity index is 842. The van der Waals surface area contributed by atoms with Gasteiger partial charge in [0.25, 0.3) is 0 Å². The highest BCUT2D eigenvalue weighted by atomic mass is 16.5. The summed E-state index contributed by atoms with van der Waals surface area (Å²) >= 11 is 0. The predicted molar refractivity (Wildman–Crippen MR) is 100 cm³/mol. The minimum absolute atomic E-state index is 0.0135. The lowest BCUT2D eigenvalue weighted by Crippen LogP contribution is -2.30. The summed E-state index contributed by atoms with van der Waals surface area (Å²) in [6.07, 6.45) is 0.835. The molecule has 2 rings (SSSR count). The summed E-state index contributed by atoms with van der Waals surface area (Å²) < 4.78 is 16.0. The van der Waals surface area contributed by atoms with Gasteiger partial charge < -0.3 is 24.1 Å². The Balaban J connectivity index is 2.26. The number of rotatable bonds is 8. The van der Waals surface area contributed by atoms with Crippen LogP contribution >= 0.6 is 0 Å². The van der Waals surface area contributed by atoms with E-state index in [9.17, 15) is 9.59 Å². The average molecular weight is 362 g/mol. The van der Waals surface area contributed by atoms with Crippen molar-refractivity contribution >= 4 is 16.9 Å². The summed E-state index contributed by atoms with van der Waals surface area (Å²) in [6.45, 7) is 3.26. The number of methoxy groups -OCH3 is 2. The highest BCUT2D eigenvalue weighted by molar-refractivity contribution is 5.89. The van der Waals surface area contributed by atoms with Crippen molar-refractivity contribution in [2.45, 2.75) is 19.8 Å². The fourth-order valence-corrected chi connectivity index (χ4v) is 2.82. The van der Waals surface area contributed by atoms with Gasteiger partial charge in [0.1, 0.15) is 0 Å². The first-order chi connectivity index (χ1) is 12.4. The molecular formula is C19H26N2O5. The summed E-state index contributed by atoms with van der Waals surface area (Å²) in [4.78, 5) is 26.6. The second-order valence-electron chi connectivity index (χ2n) is 6.35. The lowest BCUT2D eigenvalue weighted by Gasteiger charge is -2.13. The minimum Gasteiger partial charge on any atom is -0.493 e. The van der Waals surface area contributed by atoms with Crippen LogP contribution < -0.4 is 20.4 Å². The molecule has 1 aromatic heterocycles. The Kier molecular flexibility index (Phi) is 6.63. The van der Waals surface area contributed by atoms with E-state index in [1.165, 1.54) is 14.2 Å². The predicted octanol–water partition coefficient (Wildman–Crippen LogP) is 1.73. The van der Waals surface area contributed by atoms with E-state index in [0.29, 0.717) is 34.8 Å². The number of amides is 1. The van der Waals surface area contributed by atoms with Crippen molar-refractivity contribution in [1.82, 2.24) is 10.2 Å². The fourth-order valence-electron chi connectivity index (χ4n) is 2.82. The molecule has 1 N–H and O–H groups in total. The largest absolute Gasteiger partial charge is 0.493 e. The van der Waals surface area contributed by atoms with E-state index in [2.05, 4.69) is 10.2 Å². The standard InChI is InChI=1S/C19H26N2O5/c1-12-13-7-8-15(24-4)18(25-5)17(13)26-19(23)14(12)11-16(22)20-9-6-10-21(2)3/h7-8H,6,9-11H2,1-5H3,(H,20,22). The van der Waals surface area contributed by atoms with Crippen molar-refractivity contribution in [3.05, 3.63) is 33.7 Å². The molecule has 1 aromatic carbocycles. The molecule has 0 aliphatic rings. The summed E-state index contributed by atoms with van der Waals surface area (Å²) in [6, 6.07) is 3.55. The minimum atomic E-state index is -0.537. The van der Waals surface area contributed by atoms with Crippen LogP contribution in [0.2, 0.25) is 0 Å². The summed E-state index contributed by atoms with van der Waals surface area (Å²) in [7, 11) is 6.97. The van der Waals surface area contributed by atoms with Crippen LogP contribution in [0.1, 0.15) is 17.5 Å². The van der Waals surface area contributed by atoms with E-state index < -0.39 is 5.63 Å². The number of hydrogen-bond acceptors (Lipinski definition) is 6. The summed E-state index contributed by atoms with van der Waals surface area (Å²) in [5, 5.41) is 3.56. The topological polar surface area (TPSA) is 81.0 Å². The number of carbonyl (C=O) groups excluding carboxylic acids is 1. The van der Waals surface area contributed by atoms with Crippen molar-refractivity contribution in [2.24, 2.45) is 0 Å². The molecule has 1 amide bonds. The third kappa shape index (κ3) is 4.35. The van der Waals surface area contributed by atoms with Crippen molar-refractivity contribution in [3.63, 3.8) is 0 Å². The Morgan fingerprint density at radius 1 is 1.23 bits per heavy atom. The first-order valence-corrected chi connectivity index (χ1v) is 8.47. The van der Waals surface area contributed by atoms with Crippen LogP contribution in [0.5, 0.6) is 11.5 Å². The van der Waals surface area contributed by atoms with Gasteiger partial charge in [0.2, 0.25) is 11.7 Å². The molecule has 1 heterocycles. The van der Waals surface area contributed by atoms with Crippen molar-refractivity contribution < 1.29 is 18.7 Å². The van der Waals surface area contributed by atoms with E-state index >= 15 is 0 Å². The Hall–Kier alpha value is -2.54. The zero-order valence-corrected chi connectivity index (χ0v) is 16.0. The van der Waals surface area contributed by atoms with Crippen LogP contribution in [0.15, 0.2) is 21.3 Å². The number of nitrogens with zero attached hydrogens (tertiary/aromatic N) is 1. The Morgan fingerprint density at radius 2 is 1.96 bits per heavy atom. The van der Waals surface area contributed by atoms with Crippen LogP contribution in [-0.4, -0.2) is 52.2 Å². The van der Waals surface area contributed by atoms with Crippen molar-refractivity contribution in [2.75, 3.05) is 41.4 Å². The second-order valence-corrected chi connectivity index (χ2v) is 6.35. The van der Waals surface area contributed by atoms with E-state index in [0.717, 1.165) is 18.4 Å². The first kappa shape index (κ1) is 19.8. The van der Waals surface area contributed by atoms with Crippen LogP contribution in [0.4, 0.5) is 0 Å². The van der Waals surface area contributed by atoms with Gasteiger partial charge in [0.05, 0.1) is 26.2 Å². The number of ether oxygens (including phenoxy) is 2. The van der Waals surface area contributed by atoms with E-state index in [1.54, 1.807) is 19.1 Å². The maximum atomic E-state index is 12.4. The van der Waals surface area contributed by atoms with Gasteiger partial charge in [-0.1, -0.05) is 0 Å². The molecule has 0 aliphatic carbocycles. The van der Waals surface area contributed by atoms with Gasteiger partial charge in [-0.3, -0.25) is 4.79 Å². The van der Waals surface area contributed by atoms with E-state index in [4.69, 9.17) is 13.9 Å². The van der Waals surface area contributed by atoms with Gasteiger partial charge in [-0.15, -0.1) is 0 Å². The van der Waals surface area contributed by atoms with Crippen LogP contribution in [0.25, 0.3) is 11.0 Å². The number of hydrogen-bond donors (Lipinski definition) is 1. The molecular weight excluding hydrogens is 336 g/mol. The maximum Gasteiger partial charge on any atom is 0.340 e. The monoisotopic (exact) mass is 362 g/mol. The quantitative estimate of drug-likeness (QED) is 0.569. The number of carbonyl (C=O) groups is 1. The molecule has 0 saturated heterocycles. The molecule has 0 saturated carbocycles. The van der Waals surface area contributed by atoms with Gasteiger partial charge in [0.15, 0.2) is 11.3 Å². The lowest BCUT2D eigenvalue weighted by molar-refractivity contribution is -0.120. The summed E-state index contributed by atoms with van der Waals surface area (Å²) in [5.41, 5.74) is 0.852. The van der Waals surface area contributed by atoms with Gasteiger partial charge in [0, 0.05) is 11.9 Å². The Labute approximate surface area is 152 Å². The highest BCUT2D eigenvalue weighted by Gasteiger charge is 2.19. The maximum absolute atomic E-state index is 12.4. The SMILES string of the molecule is COc1ccc2c(C)c(CC(=O)NCCCN(C)C)c(=O)oc2c1OC. The number of aryl methyl sites for hydroxylation is 1. The highest BCUT2D eigenvalue weighted by Crippen LogP contribution is 2.36. The Morgan fingerprint density at radius 3 is 2.58 bits per heavy atom. The molecule has 26 heavy (non-hydrogen) atoms. The second kappa shape index (κ2) is 8.71. The van der Waals surface area contributed by atoms with Crippen LogP contribution in [0, 0.1) is 6.92 Å². The third-order valence-electron chi connectivity index (χ3n) is 4.24. The van der Waals surface area contributed by atoms with Crippen LogP contribution in [0.3, 0.4) is 0 Å². The normalized spacial score (nSPS) is 11.0. The third-order valence-corrected chi connectivity index (χ3v) is 4.24. The lowest BCUT2D eigenvalue weighted by atomic mass is 10.0. The van der Waals surface area contributed by atoms with Gasteiger partial charge in [-0.05, 0) is 51.7 Å². The molecule has 142 valence electrons. The molecule has 0 aliphatic heterocycles. The van der Waals surface area contributed by atoms with Gasteiger partial charge >= 0.3 is 5.63 Å². The van der Waals surface area contributed by atoms with Crippen molar-refractivity contribution in [1.29, 1.82) is 0 Å². The van der Waals surface area contributed by atoms with E-state index in [1.807, 2.05) is 14.1 Å². The molecule has 0 unspecified atom stereocenters. The molecule has 0 radical (unpaired) electrons. The molecule has 0 fully saturated rings. The molecule has 0 bridgehead atoms. The fraction of sp³-hybridized carbons (Fsp3) is 0.474. The van der Waals surface area contributed by atoms with Gasteiger partial charge in [-0.25, -0.2) is 4.79 Å². The molecule has 2 aromatic rings. The molecule has 7 nitrogen and oxygen atoms in total. The van der Waals surface area contributed by atoms with E-state index in [-0.39, 0.29) is 12.3 Å². The zero-order valence-electron chi connectivity index (χ0n) is 16.0. The smallest absolute Gasteiger partial charge is 0.340 e. The first-order valence-electron chi connectivity index (χ1n) is 8.47. The van der Waals surface area contributed by atoms with Crippen molar-refractivity contribution in [3.8, 4) is 11.5 Å². The van der Waals surface area contributed by atoms with Gasteiger partial charge in [-0.2, -0.15) is 0 Å². The molecule has 0 atom stereocenters. The van der Waals surface area contributed by atoms with Crippen LogP contribution in [-0.2, 0) is 11.2 Å². The average Bonchev–Trinajstić information content (AvgIpc) is 2.61. The number of fused-ring (bicyclic) bond motifs is 1.